The number of carbonyl (C=O) groups is 1. The van der Waals surface area contributed by atoms with E-state index in [-0.39, 0.29) is 23.0 Å². The molecule has 1 aliphatic carbocycles. The van der Waals surface area contributed by atoms with E-state index in [1.807, 2.05) is 27.7 Å². The third-order valence-corrected chi connectivity index (χ3v) is 4.75. The lowest BCUT2D eigenvalue weighted by Crippen LogP contribution is -2.37. The predicted molar refractivity (Wildman–Crippen MR) is 58.6 cm³/mol. The molecule has 2 rings (SSSR count). The molecular weight excluding hydrogens is 190 g/mol. The Morgan fingerprint density at radius 1 is 1.47 bits per heavy atom. The second kappa shape index (κ2) is 3.05. The van der Waals surface area contributed by atoms with Crippen LogP contribution >= 0.6 is 0 Å². The number of carbonyl (C=O) groups excluding carboxylic acids is 1. The lowest BCUT2D eigenvalue weighted by molar-refractivity contribution is -0.114. The smallest absolute Gasteiger partial charge is 0.147 e. The summed E-state index contributed by atoms with van der Waals surface area (Å²) >= 11 is 0. The molecule has 2 aliphatic rings. The van der Waals surface area contributed by atoms with Crippen molar-refractivity contribution in [2.45, 2.75) is 46.3 Å². The molecule has 86 valence electrons. The lowest BCUT2D eigenvalue weighted by Gasteiger charge is -2.26. The highest BCUT2D eigenvalue weighted by Gasteiger charge is 2.68. The Morgan fingerprint density at radius 2 is 2.00 bits per heavy atom. The molecular formula is C12H21NO2. The van der Waals surface area contributed by atoms with E-state index in [1.165, 1.54) is 0 Å². The van der Waals surface area contributed by atoms with Crippen molar-refractivity contribution in [2.75, 3.05) is 13.1 Å². The predicted octanol–water partition coefficient (Wildman–Crippen LogP) is 1.06. The van der Waals surface area contributed by atoms with E-state index in [4.69, 9.17) is 0 Å². The van der Waals surface area contributed by atoms with E-state index in [2.05, 4.69) is 4.90 Å². The number of likely N-dealkylation sites (tertiary alicyclic amines) is 1. The minimum absolute atomic E-state index is 0.166. The van der Waals surface area contributed by atoms with Crippen molar-refractivity contribution in [1.29, 1.82) is 0 Å². The largest absolute Gasteiger partial charge is 0.391 e. The van der Waals surface area contributed by atoms with Gasteiger partial charge in [-0.25, -0.2) is 0 Å². The van der Waals surface area contributed by atoms with E-state index < -0.39 is 0 Å². The van der Waals surface area contributed by atoms with E-state index in [0.717, 1.165) is 19.5 Å². The van der Waals surface area contributed by atoms with Crippen LogP contribution < -0.4 is 0 Å². The average Bonchev–Trinajstić information content (AvgIpc) is 2.47. The van der Waals surface area contributed by atoms with Crippen molar-refractivity contribution >= 4 is 5.78 Å². The molecule has 0 aromatic rings. The molecule has 0 unspecified atom stereocenters. The van der Waals surface area contributed by atoms with Crippen LogP contribution in [0.1, 0.15) is 34.1 Å². The molecule has 1 heterocycles. The highest BCUT2D eigenvalue weighted by atomic mass is 16.3. The van der Waals surface area contributed by atoms with Gasteiger partial charge in [-0.15, -0.1) is 0 Å². The minimum atomic E-state index is -0.217. The number of ketones is 1. The Labute approximate surface area is 91.5 Å². The van der Waals surface area contributed by atoms with Gasteiger partial charge >= 0.3 is 0 Å². The highest BCUT2D eigenvalue weighted by molar-refractivity contribution is 6.07. The second-order valence-corrected chi connectivity index (χ2v) is 5.85. The summed E-state index contributed by atoms with van der Waals surface area (Å²) in [6, 6.07) is 0.200. The van der Waals surface area contributed by atoms with Crippen molar-refractivity contribution in [3.63, 3.8) is 0 Å². The first-order chi connectivity index (χ1) is 6.80. The summed E-state index contributed by atoms with van der Waals surface area (Å²) in [4.78, 5) is 14.0. The van der Waals surface area contributed by atoms with Gasteiger partial charge in [0.05, 0.1) is 11.5 Å². The Bertz CT molecular complexity index is 300. The number of aliphatic hydroxyl groups excluding tert-OH is 1. The minimum Gasteiger partial charge on any atom is -0.391 e. The van der Waals surface area contributed by atoms with Crippen molar-refractivity contribution in [2.24, 2.45) is 10.8 Å². The van der Waals surface area contributed by atoms with Crippen LogP contribution in [-0.4, -0.2) is 41.0 Å². The fourth-order valence-electron chi connectivity index (χ4n) is 2.76. The van der Waals surface area contributed by atoms with Gasteiger partial charge in [-0.3, -0.25) is 9.69 Å². The van der Waals surface area contributed by atoms with E-state index in [0.29, 0.717) is 5.78 Å². The molecule has 0 aromatic carbocycles. The molecule has 0 radical (unpaired) electrons. The molecule has 1 saturated heterocycles. The maximum absolute atomic E-state index is 11.7. The zero-order valence-corrected chi connectivity index (χ0v) is 10.1. The summed E-state index contributed by atoms with van der Waals surface area (Å²) in [5.74, 6) is 0.364. The third kappa shape index (κ3) is 1.36. The Morgan fingerprint density at radius 3 is 2.33 bits per heavy atom. The number of hydrogen-bond acceptors (Lipinski definition) is 3. The zero-order valence-electron chi connectivity index (χ0n) is 10.1. The molecule has 3 heteroatoms. The van der Waals surface area contributed by atoms with Gasteiger partial charge in [-0.05, 0) is 13.3 Å². The standard InChI is InChI=1S/C12H21NO2/c1-8-9(14)5-6-13(8)7-12(4)10(15)11(12,2)3/h8-9,14H,5-7H2,1-4H3/t8-,9-,12-/m0/s1. The number of rotatable bonds is 2. The summed E-state index contributed by atoms with van der Waals surface area (Å²) in [5, 5.41) is 9.65. The molecule has 15 heavy (non-hydrogen) atoms. The van der Waals surface area contributed by atoms with E-state index in [9.17, 15) is 9.90 Å². The van der Waals surface area contributed by atoms with E-state index in [1.54, 1.807) is 0 Å². The van der Waals surface area contributed by atoms with E-state index >= 15 is 0 Å². The van der Waals surface area contributed by atoms with Crippen LogP contribution in [0.15, 0.2) is 0 Å². The molecule has 0 amide bonds. The van der Waals surface area contributed by atoms with Crippen LogP contribution in [0.5, 0.6) is 0 Å². The molecule has 1 aliphatic heterocycles. The molecule has 0 bridgehead atoms. The highest BCUT2D eigenvalue weighted by Crippen LogP contribution is 2.59. The molecule has 1 saturated carbocycles. The van der Waals surface area contributed by atoms with Crippen molar-refractivity contribution in [1.82, 2.24) is 4.90 Å². The molecule has 0 aromatic heterocycles. The van der Waals surface area contributed by atoms with Crippen molar-refractivity contribution in [3.8, 4) is 0 Å². The quantitative estimate of drug-likeness (QED) is 0.742. The monoisotopic (exact) mass is 211 g/mol. The number of Topliss-reactive ketones (excluding diaryl/α,β-unsaturated/α-hetero) is 1. The van der Waals surface area contributed by atoms with Crippen molar-refractivity contribution in [3.05, 3.63) is 0 Å². The Balaban J connectivity index is 2.03. The van der Waals surface area contributed by atoms with Gasteiger partial charge in [0, 0.05) is 24.5 Å². The van der Waals surface area contributed by atoms with Gasteiger partial charge < -0.3 is 5.11 Å². The Kier molecular flexibility index (Phi) is 2.25. The fourth-order valence-corrected chi connectivity index (χ4v) is 2.76. The maximum atomic E-state index is 11.7. The summed E-state index contributed by atoms with van der Waals surface area (Å²) in [5.41, 5.74) is -0.356. The van der Waals surface area contributed by atoms with Crippen LogP contribution in [0, 0.1) is 10.8 Å². The first kappa shape index (κ1) is 11.1. The van der Waals surface area contributed by atoms with Crippen LogP contribution in [0.2, 0.25) is 0 Å². The SMILES string of the molecule is C[C@H]1[C@@H](O)CCN1C[C@@]1(C)C(=O)C1(C)C. The van der Waals surface area contributed by atoms with Crippen LogP contribution in [-0.2, 0) is 4.79 Å². The molecule has 0 spiro atoms. The summed E-state index contributed by atoms with van der Waals surface area (Å²) in [7, 11) is 0. The number of nitrogens with zero attached hydrogens (tertiary/aromatic N) is 1. The first-order valence-electron chi connectivity index (χ1n) is 5.78. The average molecular weight is 211 g/mol. The molecule has 3 nitrogen and oxygen atoms in total. The van der Waals surface area contributed by atoms with Gasteiger partial charge in [0.25, 0.3) is 0 Å². The van der Waals surface area contributed by atoms with Gasteiger partial charge in [-0.2, -0.15) is 0 Å². The van der Waals surface area contributed by atoms with Gasteiger partial charge in [-0.1, -0.05) is 20.8 Å². The van der Waals surface area contributed by atoms with Crippen LogP contribution in [0.4, 0.5) is 0 Å². The van der Waals surface area contributed by atoms with Crippen LogP contribution in [0.25, 0.3) is 0 Å². The molecule has 1 N–H and O–H groups in total. The Hall–Kier alpha value is -0.410. The molecule has 3 atom stereocenters. The summed E-state index contributed by atoms with van der Waals surface area (Å²) < 4.78 is 0. The van der Waals surface area contributed by atoms with Gasteiger partial charge in [0.15, 0.2) is 0 Å². The van der Waals surface area contributed by atoms with Crippen LogP contribution in [0.3, 0.4) is 0 Å². The second-order valence-electron chi connectivity index (χ2n) is 5.85. The lowest BCUT2D eigenvalue weighted by atomic mass is 9.97. The summed E-state index contributed by atoms with van der Waals surface area (Å²) in [6.07, 6.45) is 0.622. The van der Waals surface area contributed by atoms with Gasteiger partial charge in [0.1, 0.15) is 5.78 Å². The topological polar surface area (TPSA) is 40.5 Å². The first-order valence-corrected chi connectivity index (χ1v) is 5.78. The van der Waals surface area contributed by atoms with Crippen molar-refractivity contribution < 1.29 is 9.90 Å². The normalized spacial score (nSPS) is 44.7. The summed E-state index contributed by atoms with van der Waals surface area (Å²) in [6.45, 7) is 9.85. The third-order valence-electron chi connectivity index (χ3n) is 4.75. The van der Waals surface area contributed by atoms with Gasteiger partial charge in [0.2, 0.25) is 0 Å². The fraction of sp³-hybridized carbons (Fsp3) is 0.917. The zero-order chi connectivity index (χ0) is 11.4. The number of hydrogen-bond donors (Lipinski definition) is 1. The maximum Gasteiger partial charge on any atom is 0.147 e. The molecule has 2 fully saturated rings. The number of aliphatic hydroxyl groups is 1.